The number of carbonyl (C=O) groups is 2. The smallest absolute Gasteiger partial charge is 0.295 e. The van der Waals surface area contributed by atoms with Gasteiger partial charge in [0, 0.05) is 36.2 Å². The number of hydrogen-bond donors (Lipinski definition) is 1. The summed E-state index contributed by atoms with van der Waals surface area (Å²) in [5.74, 6) is -0.828. The predicted molar refractivity (Wildman–Crippen MR) is 137 cm³/mol. The highest BCUT2D eigenvalue weighted by Crippen LogP contribution is 2.40. The minimum absolute atomic E-state index is 0.108. The number of benzene rings is 2. The van der Waals surface area contributed by atoms with Gasteiger partial charge in [0.25, 0.3) is 11.7 Å². The van der Waals surface area contributed by atoms with Crippen LogP contribution >= 0.6 is 15.9 Å². The minimum atomic E-state index is -0.665. The number of likely N-dealkylation sites (tertiary alicyclic amines) is 1. The van der Waals surface area contributed by atoms with Crippen molar-refractivity contribution < 1.29 is 24.2 Å². The maximum absolute atomic E-state index is 13.2. The molecule has 186 valence electrons. The van der Waals surface area contributed by atoms with Gasteiger partial charge < -0.3 is 19.5 Å². The molecular formula is C27H31BrN2O5. The number of rotatable bonds is 9. The number of ether oxygens (including phenoxy) is 2. The third kappa shape index (κ3) is 5.94. The fourth-order valence-electron chi connectivity index (χ4n) is 4.50. The lowest BCUT2D eigenvalue weighted by Crippen LogP contribution is -2.38. The quantitative estimate of drug-likeness (QED) is 0.287. The largest absolute Gasteiger partial charge is 0.507 e. The standard InChI is InChI=1S/C27H31BrN2O5/c1-2-15-35-22-6-3-5-20(18-22)25(31)23-24(19-7-9-21(28)10-8-19)30(27(33)26(23)32)12-4-11-29-13-16-34-17-14-29/h3,5-10,18,24,31H,2,4,11-17H2,1H3. The summed E-state index contributed by atoms with van der Waals surface area (Å²) in [6.45, 7) is 6.96. The van der Waals surface area contributed by atoms with Crippen molar-refractivity contribution in [2.24, 2.45) is 0 Å². The van der Waals surface area contributed by atoms with Gasteiger partial charge in [0.05, 0.1) is 31.4 Å². The summed E-state index contributed by atoms with van der Waals surface area (Å²) in [4.78, 5) is 30.3. The Hall–Kier alpha value is -2.68. The zero-order valence-corrected chi connectivity index (χ0v) is 21.5. The summed E-state index contributed by atoms with van der Waals surface area (Å²) in [5.41, 5.74) is 1.34. The van der Waals surface area contributed by atoms with Crippen LogP contribution in [0.2, 0.25) is 0 Å². The molecule has 0 radical (unpaired) electrons. The molecule has 2 heterocycles. The number of aliphatic hydroxyl groups is 1. The average Bonchev–Trinajstić information content (AvgIpc) is 3.13. The van der Waals surface area contributed by atoms with Gasteiger partial charge in [0.15, 0.2) is 0 Å². The van der Waals surface area contributed by atoms with E-state index in [-0.39, 0.29) is 11.3 Å². The zero-order valence-electron chi connectivity index (χ0n) is 19.9. The number of ketones is 1. The van der Waals surface area contributed by atoms with E-state index in [1.54, 1.807) is 23.1 Å². The monoisotopic (exact) mass is 542 g/mol. The summed E-state index contributed by atoms with van der Waals surface area (Å²) >= 11 is 3.45. The molecule has 0 aliphatic carbocycles. The van der Waals surface area contributed by atoms with Crippen molar-refractivity contribution in [3.05, 3.63) is 69.7 Å². The van der Waals surface area contributed by atoms with E-state index in [0.717, 1.165) is 42.5 Å². The molecule has 2 aliphatic heterocycles. The van der Waals surface area contributed by atoms with E-state index in [1.165, 1.54) is 0 Å². The first-order valence-electron chi connectivity index (χ1n) is 12.1. The number of morpholine rings is 1. The molecule has 35 heavy (non-hydrogen) atoms. The van der Waals surface area contributed by atoms with Crippen molar-refractivity contribution in [2.45, 2.75) is 25.8 Å². The highest BCUT2D eigenvalue weighted by atomic mass is 79.9. The topological polar surface area (TPSA) is 79.3 Å². The molecule has 2 saturated heterocycles. The fourth-order valence-corrected chi connectivity index (χ4v) is 4.76. The Balaban J connectivity index is 1.65. The van der Waals surface area contributed by atoms with Gasteiger partial charge in [-0.2, -0.15) is 0 Å². The van der Waals surface area contributed by atoms with Crippen LogP contribution in [-0.4, -0.2) is 72.6 Å². The highest BCUT2D eigenvalue weighted by molar-refractivity contribution is 9.10. The van der Waals surface area contributed by atoms with Crippen molar-refractivity contribution in [3.8, 4) is 5.75 Å². The van der Waals surface area contributed by atoms with Crippen LogP contribution in [0.5, 0.6) is 5.75 Å². The molecule has 1 amide bonds. The van der Waals surface area contributed by atoms with Gasteiger partial charge in [-0.3, -0.25) is 14.5 Å². The maximum Gasteiger partial charge on any atom is 0.295 e. The van der Waals surface area contributed by atoms with Crippen LogP contribution in [0.4, 0.5) is 0 Å². The van der Waals surface area contributed by atoms with Crippen molar-refractivity contribution in [2.75, 3.05) is 46.0 Å². The average molecular weight is 543 g/mol. The van der Waals surface area contributed by atoms with Gasteiger partial charge in [-0.1, -0.05) is 47.1 Å². The molecule has 2 aromatic rings. The predicted octanol–water partition coefficient (Wildman–Crippen LogP) is 4.38. The summed E-state index contributed by atoms with van der Waals surface area (Å²) in [6, 6.07) is 13.9. The molecule has 0 saturated carbocycles. The molecule has 0 aromatic heterocycles. The molecule has 0 bridgehead atoms. The van der Waals surface area contributed by atoms with Crippen molar-refractivity contribution in [3.63, 3.8) is 0 Å². The van der Waals surface area contributed by atoms with Gasteiger partial charge in [-0.05, 0) is 42.7 Å². The van der Waals surface area contributed by atoms with E-state index in [2.05, 4.69) is 20.8 Å². The second-order valence-corrected chi connectivity index (χ2v) is 9.64. The fraction of sp³-hybridized carbons (Fsp3) is 0.407. The molecule has 2 aliphatic rings. The first-order chi connectivity index (χ1) is 17.0. The number of Topliss-reactive ketones (excluding diaryl/α,β-unsaturated/α-hetero) is 1. The highest BCUT2D eigenvalue weighted by Gasteiger charge is 2.45. The van der Waals surface area contributed by atoms with Crippen LogP contribution in [0.3, 0.4) is 0 Å². The molecule has 2 fully saturated rings. The lowest BCUT2D eigenvalue weighted by atomic mass is 9.95. The minimum Gasteiger partial charge on any atom is -0.507 e. The van der Waals surface area contributed by atoms with Gasteiger partial charge >= 0.3 is 0 Å². The number of hydrogen-bond acceptors (Lipinski definition) is 6. The first kappa shape index (κ1) is 25.4. The number of halogens is 1. The van der Waals surface area contributed by atoms with Crippen LogP contribution in [0.15, 0.2) is 58.6 Å². The van der Waals surface area contributed by atoms with Crippen molar-refractivity contribution >= 4 is 33.4 Å². The Labute approximate surface area is 214 Å². The number of amides is 1. The molecule has 1 atom stereocenters. The van der Waals surface area contributed by atoms with Gasteiger partial charge in [0.1, 0.15) is 11.5 Å². The lowest BCUT2D eigenvalue weighted by Gasteiger charge is -2.29. The molecule has 1 N–H and O–H groups in total. The summed E-state index contributed by atoms with van der Waals surface area (Å²) in [5, 5.41) is 11.3. The van der Waals surface area contributed by atoms with Gasteiger partial charge in [0.2, 0.25) is 0 Å². The molecule has 7 nitrogen and oxygen atoms in total. The van der Waals surface area contributed by atoms with Crippen LogP contribution in [0.1, 0.15) is 36.9 Å². The molecular weight excluding hydrogens is 512 g/mol. The summed E-state index contributed by atoms with van der Waals surface area (Å²) in [7, 11) is 0. The Bertz CT molecular complexity index is 1080. The zero-order chi connectivity index (χ0) is 24.8. The summed E-state index contributed by atoms with van der Waals surface area (Å²) in [6.07, 6.45) is 1.58. The third-order valence-corrected chi connectivity index (χ3v) is 6.81. The second-order valence-electron chi connectivity index (χ2n) is 8.73. The second kappa shape index (κ2) is 11.8. The maximum atomic E-state index is 13.2. The number of aliphatic hydroxyl groups excluding tert-OH is 1. The van der Waals surface area contributed by atoms with E-state index in [0.29, 0.717) is 37.7 Å². The molecule has 1 unspecified atom stereocenters. The Morgan fingerprint density at radius 2 is 1.86 bits per heavy atom. The number of nitrogens with zero attached hydrogens (tertiary/aromatic N) is 2. The van der Waals surface area contributed by atoms with E-state index in [9.17, 15) is 14.7 Å². The van der Waals surface area contributed by atoms with Crippen LogP contribution in [-0.2, 0) is 14.3 Å². The normalized spacial score (nSPS) is 20.4. The van der Waals surface area contributed by atoms with E-state index in [1.807, 2.05) is 37.3 Å². The van der Waals surface area contributed by atoms with Crippen LogP contribution < -0.4 is 4.74 Å². The Kier molecular flexibility index (Phi) is 8.59. The van der Waals surface area contributed by atoms with Crippen LogP contribution in [0.25, 0.3) is 5.76 Å². The number of carbonyl (C=O) groups excluding carboxylic acids is 2. The SMILES string of the molecule is CCCOc1cccc(C(O)=C2C(=O)C(=O)N(CCCN3CCOCC3)C2c2ccc(Br)cc2)c1. The molecule has 8 heteroatoms. The van der Waals surface area contributed by atoms with Crippen LogP contribution in [0, 0.1) is 0 Å². The van der Waals surface area contributed by atoms with Gasteiger partial charge in [-0.15, -0.1) is 0 Å². The lowest BCUT2D eigenvalue weighted by molar-refractivity contribution is -0.140. The Morgan fingerprint density at radius 3 is 2.57 bits per heavy atom. The van der Waals surface area contributed by atoms with Gasteiger partial charge in [-0.25, -0.2) is 0 Å². The van der Waals surface area contributed by atoms with E-state index in [4.69, 9.17) is 9.47 Å². The van der Waals surface area contributed by atoms with Crippen molar-refractivity contribution in [1.29, 1.82) is 0 Å². The van der Waals surface area contributed by atoms with E-state index >= 15 is 0 Å². The Morgan fingerprint density at radius 1 is 1.11 bits per heavy atom. The van der Waals surface area contributed by atoms with E-state index < -0.39 is 17.7 Å². The third-order valence-electron chi connectivity index (χ3n) is 6.28. The molecule has 0 spiro atoms. The van der Waals surface area contributed by atoms with Crippen molar-refractivity contribution in [1.82, 2.24) is 9.80 Å². The summed E-state index contributed by atoms with van der Waals surface area (Å²) < 4.78 is 12.0. The first-order valence-corrected chi connectivity index (χ1v) is 12.9. The molecule has 4 rings (SSSR count). The molecule has 2 aromatic carbocycles.